The van der Waals surface area contributed by atoms with Crippen molar-refractivity contribution in [2.75, 3.05) is 20.3 Å². The summed E-state index contributed by atoms with van der Waals surface area (Å²) in [6.45, 7) is -0.539. The van der Waals surface area contributed by atoms with Gasteiger partial charge in [0.25, 0.3) is 5.91 Å². The molecule has 0 aromatic heterocycles. The van der Waals surface area contributed by atoms with Crippen LogP contribution in [0.25, 0.3) is 0 Å². The maximum Gasteiger partial charge on any atom is 0.258 e. The van der Waals surface area contributed by atoms with E-state index in [0.29, 0.717) is 11.3 Å². The van der Waals surface area contributed by atoms with Crippen molar-refractivity contribution in [3.63, 3.8) is 0 Å². The van der Waals surface area contributed by atoms with Crippen molar-refractivity contribution < 1.29 is 29.6 Å². The zero-order valence-electron chi connectivity index (χ0n) is 13.8. The fraction of sp³-hybridized carbons (Fsp3) is 0.278. The smallest absolute Gasteiger partial charge is 0.258 e. The molecule has 1 amide bonds. The predicted molar refractivity (Wildman–Crippen MR) is 90.2 cm³/mol. The molecule has 1 unspecified atom stereocenters. The molecule has 2 atom stereocenters. The maximum absolute atomic E-state index is 12.1. The highest BCUT2D eigenvalue weighted by atomic mass is 16.5. The summed E-state index contributed by atoms with van der Waals surface area (Å²) in [6.07, 6.45) is -1.02. The first-order valence-electron chi connectivity index (χ1n) is 7.61. The number of carbonyl (C=O) groups excluding carboxylic acids is 1. The summed E-state index contributed by atoms with van der Waals surface area (Å²) in [5.74, 6) is -0.407. The first-order chi connectivity index (χ1) is 11.9. The fourth-order valence-electron chi connectivity index (χ4n) is 2.42. The van der Waals surface area contributed by atoms with Crippen LogP contribution >= 0.6 is 0 Å². The average molecular weight is 347 g/mol. The Morgan fingerprint density at radius 1 is 1.24 bits per heavy atom. The number of primary amides is 1. The van der Waals surface area contributed by atoms with E-state index in [-0.39, 0.29) is 17.9 Å². The van der Waals surface area contributed by atoms with Crippen LogP contribution in [0.15, 0.2) is 48.5 Å². The van der Waals surface area contributed by atoms with Crippen LogP contribution in [0.5, 0.6) is 11.5 Å². The number of ether oxygens (including phenoxy) is 2. The van der Waals surface area contributed by atoms with E-state index in [4.69, 9.17) is 20.3 Å². The lowest BCUT2D eigenvalue weighted by atomic mass is 9.85. The van der Waals surface area contributed by atoms with Gasteiger partial charge in [0.2, 0.25) is 0 Å². The molecule has 0 aliphatic heterocycles. The Morgan fingerprint density at radius 2 is 1.92 bits per heavy atom. The van der Waals surface area contributed by atoms with E-state index in [1.54, 1.807) is 30.3 Å². The van der Waals surface area contributed by atoms with Crippen LogP contribution in [0, 0.1) is 0 Å². The van der Waals surface area contributed by atoms with E-state index in [1.165, 1.54) is 25.3 Å². The molecule has 2 aromatic carbocycles. The number of hydrogen-bond acceptors (Lipinski definition) is 6. The van der Waals surface area contributed by atoms with Crippen LogP contribution < -0.4 is 15.2 Å². The number of rotatable bonds is 8. The Labute approximate surface area is 145 Å². The quantitative estimate of drug-likeness (QED) is 0.539. The van der Waals surface area contributed by atoms with Crippen LogP contribution in [0.1, 0.15) is 11.1 Å². The molecule has 2 rings (SSSR count). The molecule has 5 N–H and O–H groups in total. The molecule has 0 fully saturated rings. The minimum Gasteiger partial charge on any atom is -0.496 e. The summed E-state index contributed by atoms with van der Waals surface area (Å²) in [6, 6.07) is 12.8. The largest absolute Gasteiger partial charge is 0.496 e. The molecule has 0 saturated heterocycles. The van der Waals surface area contributed by atoms with Gasteiger partial charge in [0, 0.05) is 11.6 Å². The summed E-state index contributed by atoms with van der Waals surface area (Å²) in [5.41, 5.74) is 3.88. The molecule has 0 spiro atoms. The molecule has 0 aliphatic carbocycles. The van der Waals surface area contributed by atoms with Gasteiger partial charge in [-0.3, -0.25) is 4.79 Å². The molecule has 25 heavy (non-hydrogen) atoms. The normalized spacial score (nSPS) is 14.4. The molecular formula is C18H21NO6. The number of aliphatic hydroxyl groups excluding tert-OH is 2. The third-order valence-electron chi connectivity index (χ3n) is 3.76. The van der Waals surface area contributed by atoms with Crippen molar-refractivity contribution in [2.45, 2.75) is 11.7 Å². The zero-order chi connectivity index (χ0) is 18.4. The van der Waals surface area contributed by atoms with E-state index in [9.17, 15) is 15.0 Å². The van der Waals surface area contributed by atoms with Crippen molar-refractivity contribution in [3.05, 3.63) is 59.7 Å². The molecule has 0 heterocycles. The van der Waals surface area contributed by atoms with Crippen molar-refractivity contribution in [2.24, 2.45) is 5.73 Å². The molecule has 2 aromatic rings. The monoisotopic (exact) mass is 347 g/mol. The lowest BCUT2D eigenvalue weighted by molar-refractivity contribution is -0.133. The Morgan fingerprint density at radius 3 is 2.48 bits per heavy atom. The van der Waals surface area contributed by atoms with E-state index in [1.807, 2.05) is 0 Å². The van der Waals surface area contributed by atoms with Crippen LogP contribution in [0.4, 0.5) is 0 Å². The summed E-state index contributed by atoms with van der Waals surface area (Å²) in [4.78, 5) is 12.1. The number of benzene rings is 2. The first-order valence-corrected chi connectivity index (χ1v) is 7.61. The second-order valence-corrected chi connectivity index (χ2v) is 5.45. The van der Waals surface area contributed by atoms with Gasteiger partial charge in [0.15, 0.2) is 5.60 Å². The van der Waals surface area contributed by atoms with Gasteiger partial charge in [0.05, 0.1) is 13.7 Å². The van der Waals surface area contributed by atoms with Gasteiger partial charge in [-0.2, -0.15) is 0 Å². The second kappa shape index (κ2) is 7.98. The van der Waals surface area contributed by atoms with Crippen LogP contribution in [0.2, 0.25) is 0 Å². The van der Waals surface area contributed by atoms with E-state index in [2.05, 4.69) is 0 Å². The SMILES string of the molecule is COc1cc(OC[C@H](O)CO)ccc1C(O)(C(N)=O)c1ccccc1. The molecular weight excluding hydrogens is 326 g/mol. The number of methoxy groups -OCH3 is 1. The minimum absolute atomic E-state index is 0.113. The number of carbonyl (C=O) groups is 1. The number of nitrogens with two attached hydrogens (primary N) is 1. The van der Waals surface area contributed by atoms with Crippen molar-refractivity contribution in [3.8, 4) is 11.5 Å². The molecule has 7 heteroatoms. The standard InChI is InChI=1S/C18H21NO6/c1-24-16-9-14(25-11-13(21)10-20)7-8-15(16)18(23,17(19)22)12-5-3-2-4-6-12/h2-9,13,20-21,23H,10-11H2,1H3,(H2,19,22)/t13-,18?/m1/s1. The molecule has 0 aliphatic rings. The van der Waals surface area contributed by atoms with Gasteiger partial charge in [-0.1, -0.05) is 30.3 Å². The third kappa shape index (κ3) is 3.90. The van der Waals surface area contributed by atoms with Gasteiger partial charge < -0.3 is 30.5 Å². The molecule has 0 bridgehead atoms. The topological polar surface area (TPSA) is 122 Å². The molecule has 7 nitrogen and oxygen atoms in total. The van der Waals surface area contributed by atoms with E-state index in [0.717, 1.165) is 0 Å². The lowest BCUT2D eigenvalue weighted by Gasteiger charge is -2.27. The predicted octanol–water partition coefficient (Wildman–Crippen LogP) is 0.148. The van der Waals surface area contributed by atoms with Crippen LogP contribution in [0.3, 0.4) is 0 Å². The maximum atomic E-state index is 12.1. The van der Waals surface area contributed by atoms with Crippen molar-refractivity contribution in [1.82, 2.24) is 0 Å². The summed E-state index contributed by atoms with van der Waals surface area (Å²) < 4.78 is 10.6. The highest BCUT2D eigenvalue weighted by molar-refractivity contribution is 5.89. The summed E-state index contributed by atoms with van der Waals surface area (Å²) in [5, 5.41) is 29.2. The summed E-state index contributed by atoms with van der Waals surface area (Å²) >= 11 is 0. The van der Waals surface area contributed by atoms with Crippen LogP contribution in [-0.2, 0) is 10.4 Å². The first kappa shape index (κ1) is 18.7. The van der Waals surface area contributed by atoms with Crippen molar-refractivity contribution in [1.29, 1.82) is 0 Å². The van der Waals surface area contributed by atoms with Gasteiger partial charge in [-0.25, -0.2) is 0 Å². The lowest BCUT2D eigenvalue weighted by Crippen LogP contribution is -2.42. The third-order valence-corrected chi connectivity index (χ3v) is 3.76. The second-order valence-electron chi connectivity index (χ2n) is 5.45. The van der Waals surface area contributed by atoms with Gasteiger partial charge in [-0.05, 0) is 17.7 Å². The summed E-state index contributed by atoms with van der Waals surface area (Å²) in [7, 11) is 1.39. The number of aliphatic hydroxyl groups is 3. The minimum atomic E-state index is -2.07. The highest BCUT2D eigenvalue weighted by Gasteiger charge is 2.40. The molecule has 134 valence electrons. The van der Waals surface area contributed by atoms with Gasteiger partial charge in [0.1, 0.15) is 24.2 Å². The van der Waals surface area contributed by atoms with Crippen LogP contribution in [-0.4, -0.2) is 47.7 Å². The van der Waals surface area contributed by atoms with Crippen molar-refractivity contribution >= 4 is 5.91 Å². The number of amides is 1. The Balaban J connectivity index is 2.44. The number of hydrogen-bond donors (Lipinski definition) is 4. The Hall–Kier alpha value is -2.61. The van der Waals surface area contributed by atoms with Gasteiger partial charge >= 0.3 is 0 Å². The average Bonchev–Trinajstić information content (AvgIpc) is 2.65. The fourth-order valence-corrected chi connectivity index (χ4v) is 2.42. The van der Waals surface area contributed by atoms with E-state index < -0.39 is 24.2 Å². The molecule has 0 radical (unpaired) electrons. The van der Waals surface area contributed by atoms with E-state index >= 15 is 0 Å². The highest BCUT2D eigenvalue weighted by Crippen LogP contribution is 2.37. The van der Waals surface area contributed by atoms with Gasteiger partial charge in [-0.15, -0.1) is 0 Å². The zero-order valence-corrected chi connectivity index (χ0v) is 13.8. The Kier molecular flexibility index (Phi) is 5.97. The molecule has 0 saturated carbocycles. The Bertz CT molecular complexity index is 721.